The van der Waals surface area contributed by atoms with E-state index in [-0.39, 0.29) is 17.8 Å². The topological polar surface area (TPSA) is 64.4 Å². The van der Waals surface area contributed by atoms with Crippen LogP contribution in [0.2, 0.25) is 0 Å². The van der Waals surface area contributed by atoms with Crippen molar-refractivity contribution in [3.63, 3.8) is 0 Å². The number of ketones is 1. The van der Waals surface area contributed by atoms with E-state index in [2.05, 4.69) is 25.0 Å². The Morgan fingerprint density at radius 2 is 1.86 bits per heavy atom. The Kier molecular flexibility index (Phi) is 5.46. The largest absolute Gasteiger partial charge is 0.454 e. The number of rotatable bonds is 5. The highest BCUT2D eigenvalue weighted by Gasteiger charge is 2.38. The number of para-hydroxylation sites is 1. The summed E-state index contributed by atoms with van der Waals surface area (Å²) in [6, 6.07) is 8.09. The summed E-state index contributed by atoms with van der Waals surface area (Å²) in [7, 11) is 3.80. The van der Waals surface area contributed by atoms with Crippen LogP contribution in [0.15, 0.2) is 42.1 Å². The minimum atomic E-state index is -0.554. The monoisotopic (exact) mass is 393 g/mol. The molecule has 1 aromatic heterocycles. The van der Waals surface area contributed by atoms with Gasteiger partial charge in [0.2, 0.25) is 0 Å². The summed E-state index contributed by atoms with van der Waals surface area (Å²) in [5, 5.41) is 4.30. The molecular formula is C23H27N3O3. The van der Waals surface area contributed by atoms with Crippen LogP contribution in [0.4, 0.5) is 5.69 Å². The van der Waals surface area contributed by atoms with Crippen LogP contribution in [0.1, 0.15) is 36.4 Å². The predicted molar refractivity (Wildman–Crippen MR) is 114 cm³/mol. The number of ether oxygens (including phenoxy) is 1. The molecule has 152 valence electrons. The number of carbonyl (C=O) groups is 2. The zero-order valence-electron chi connectivity index (χ0n) is 17.8. The van der Waals surface area contributed by atoms with E-state index in [0.29, 0.717) is 0 Å². The zero-order valence-corrected chi connectivity index (χ0v) is 17.8. The highest BCUT2D eigenvalue weighted by Crippen LogP contribution is 2.46. The summed E-state index contributed by atoms with van der Waals surface area (Å²) >= 11 is 0. The molecule has 0 fully saturated rings. The van der Waals surface area contributed by atoms with Crippen molar-refractivity contribution < 1.29 is 14.3 Å². The molecule has 1 aliphatic rings. The van der Waals surface area contributed by atoms with Crippen molar-refractivity contribution in [2.45, 2.75) is 33.1 Å². The zero-order chi connectivity index (χ0) is 21.3. The Morgan fingerprint density at radius 3 is 2.48 bits per heavy atom. The summed E-state index contributed by atoms with van der Waals surface area (Å²) < 4.78 is 6.90. The van der Waals surface area contributed by atoms with E-state index in [1.54, 1.807) is 16.8 Å². The van der Waals surface area contributed by atoms with Gasteiger partial charge in [-0.05, 0) is 31.6 Å². The number of allylic oxidation sites excluding steroid dienone is 1. The highest BCUT2D eigenvalue weighted by atomic mass is 16.5. The van der Waals surface area contributed by atoms with E-state index in [9.17, 15) is 9.59 Å². The van der Waals surface area contributed by atoms with Crippen molar-refractivity contribution in [1.82, 2.24) is 9.78 Å². The Balaban J connectivity index is 1.65. The molecule has 0 N–H and O–H groups in total. The van der Waals surface area contributed by atoms with Crippen molar-refractivity contribution in [3.05, 3.63) is 64.6 Å². The van der Waals surface area contributed by atoms with Crippen molar-refractivity contribution in [2.75, 3.05) is 18.6 Å². The molecule has 3 rings (SSSR count). The van der Waals surface area contributed by atoms with Crippen molar-refractivity contribution in [1.29, 1.82) is 0 Å². The van der Waals surface area contributed by atoms with Crippen LogP contribution in [-0.4, -0.2) is 35.2 Å². The third-order valence-corrected chi connectivity index (χ3v) is 5.55. The maximum Gasteiger partial charge on any atom is 0.331 e. The number of aromatic nitrogens is 2. The number of carbonyl (C=O) groups excluding carboxylic acids is 2. The molecule has 0 unspecified atom stereocenters. The van der Waals surface area contributed by atoms with Crippen LogP contribution in [0.25, 0.3) is 6.08 Å². The van der Waals surface area contributed by atoms with E-state index in [1.807, 2.05) is 51.0 Å². The number of benzene rings is 1. The number of aryl methyl sites for hydroxylation is 2. The van der Waals surface area contributed by atoms with Crippen LogP contribution >= 0.6 is 0 Å². The number of likely N-dealkylation sites (N-methyl/N-ethyl adjacent to an activating group) is 1. The maximum absolute atomic E-state index is 12.5. The third kappa shape index (κ3) is 3.88. The van der Waals surface area contributed by atoms with Gasteiger partial charge in [0, 0.05) is 54.3 Å². The first kappa shape index (κ1) is 20.6. The predicted octanol–water partition coefficient (Wildman–Crippen LogP) is 3.47. The fraction of sp³-hybridized carbons (Fsp3) is 0.348. The lowest BCUT2D eigenvalue weighted by Gasteiger charge is -2.23. The number of esters is 1. The fourth-order valence-corrected chi connectivity index (χ4v) is 3.83. The van der Waals surface area contributed by atoms with Crippen molar-refractivity contribution in [2.24, 2.45) is 7.05 Å². The number of hydrogen-bond acceptors (Lipinski definition) is 5. The summed E-state index contributed by atoms with van der Waals surface area (Å²) in [6.07, 6.45) is 4.58. The minimum absolute atomic E-state index is 0.247. The van der Waals surface area contributed by atoms with Crippen LogP contribution in [0, 0.1) is 13.8 Å². The molecule has 6 nitrogen and oxygen atoms in total. The van der Waals surface area contributed by atoms with E-state index in [4.69, 9.17) is 4.74 Å². The van der Waals surface area contributed by atoms with E-state index in [1.165, 1.54) is 11.6 Å². The summed E-state index contributed by atoms with van der Waals surface area (Å²) in [6.45, 7) is 7.69. The van der Waals surface area contributed by atoms with Crippen LogP contribution in [0.3, 0.4) is 0 Å². The first-order chi connectivity index (χ1) is 13.6. The van der Waals surface area contributed by atoms with Gasteiger partial charge in [-0.3, -0.25) is 9.48 Å². The van der Waals surface area contributed by atoms with Gasteiger partial charge in [-0.1, -0.05) is 32.0 Å². The van der Waals surface area contributed by atoms with E-state index < -0.39 is 5.97 Å². The average molecular weight is 393 g/mol. The molecule has 0 radical (unpaired) electrons. The van der Waals surface area contributed by atoms with Crippen LogP contribution in [0.5, 0.6) is 0 Å². The molecule has 0 aliphatic carbocycles. The molecule has 1 aromatic carbocycles. The molecule has 1 aliphatic heterocycles. The van der Waals surface area contributed by atoms with Gasteiger partial charge in [-0.15, -0.1) is 0 Å². The molecule has 0 saturated carbocycles. The van der Waals surface area contributed by atoms with Gasteiger partial charge in [0.15, 0.2) is 12.4 Å². The second-order valence-electron chi connectivity index (χ2n) is 7.85. The first-order valence-corrected chi connectivity index (χ1v) is 9.56. The smallest absolute Gasteiger partial charge is 0.331 e. The molecule has 0 spiro atoms. The van der Waals surface area contributed by atoms with Crippen LogP contribution in [-0.2, 0) is 26.8 Å². The Labute approximate surface area is 171 Å². The van der Waals surface area contributed by atoms with Gasteiger partial charge in [-0.2, -0.15) is 5.10 Å². The summed E-state index contributed by atoms with van der Waals surface area (Å²) in [5.41, 5.74) is 5.52. The van der Waals surface area contributed by atoms with Crippen LogP contribution < -0.4 is 4.90 Å². The van der Waals surface area contributed by atoms with E-state index >= 15 is 0 Å². The number of hydrogen-bond donors (Lipinski definition) is 0. The SMILES string of the molecule is Cc1nn(C)c(C)c1/C=C/C(=O)OCC(=O)/C=C1/N(C)c2ccccc2C1(C)C. The third-order valence-electron chi connectivity index (χ3n) is 5.55. The fourth-order valence-electron chi connectivity index (χ4n) is 3.83. The lowest BCUT2D eigenvalue weighted by molar-refractivity contribution is -0.141. The molecule has 0 saturated heterocycles. The van der Waals surface area contributed by atoms with Gasteiger partial charge in [0.25, 0.3) is 0 Å². The normalized spacial score (nSPS) is 16.5. The van der Waals surface area contributed by atoms with Gasteiger partial charge in [0.05, 0.1) is 5.69 Å². The molecular weight excluding hydrogens is 366 g/mol. The number of nitrogens with zero attached hydrogens (tertiary/aromatic N) is 3. The summed E-state index contributed by atoms with van der Waals surface area (Å²) in [4.78, 5) is 26.5. The Hall–Kier alpha value is -3.15. The lowest BCUT2D eigenvalue weighted by Crippen LogP contribution is -2.25. The quantitative estimate of drug-likeness (QED) is 0.575. The van der Waals surface area contributed by atoms with Crippen molar-refractivity contribution >= 4 is 23.5 Å². The molecule has 2 aromatic rings. The van der Waals surface area contributed by atoms with Gasteiger partial charge < -0.3 is 9.64 Å². The van der Waals surface area contributed by atoms with Crippen molar-refractivity contribution in [3.8, 4) is 0 Å². The second kappa shape index (κ2) is 7.70. The molecule has 0 atom stereocenters. The Morgan fingerprint density at radius 1 is 1.17 bits per heavy atom. The molecule has 6 heteroatoms. The minimum Gasteiger partial charge on any atom is -0.454 e. The molecule has 0 bridgehead atoms. The van der Waals surface area contributed by atoms with Gasteiger partial charge in [-0.25, -0.2) is 4.79 Å². The lowest BCUT2D eigenvalue weighted by atomic mass is 9.83. The maximum atomic E-state index is 12.5. The average Bonchev–Trinajstić information content (AvgIpc) is 3.03. The Bertz CT molecular complexity index is 1030. The highest BCUT2D eigenvalue weighted by molar-refractivity contribution is 5.96. The molecule has 2 heterocycles. The van der Waals surface area contributed by atoms with Gasteiger partial charge >= 0.3 is 5.97 Å². The van der Waals surface area contributed by atoms with E-state index in [0.717, 1.165) is 28.3 Å². The second-order valence-corrected chi connectivity index (χ2v) is 7.85. The number of anilines is 1. The molecule has 29 heavy (non-hydrogen) atoms. The first-order valence-electron chi connectivity index (χ1n) is 9.56. The summed E-state index contributed by atoms with van der Waals surface area (Å²) in [5.74, 6) is -0.801. The number of fused-ring (bicyclic) bond motifs is 1. The molecule has 0 amide bonds. The standard InChI is InChI=1S/C23H27N3O3/c1-15-18(16(2)26(6)24-15)11-12-22(28)29-14-17(27)13-21-23(3,4)19-9-7-8-10-20(19)25(21)5/h7-13H,14H2,1-6H3/b12-11+,21-13+. The van der Waals surface area contributed by atoms with Gasteiger partial charge in [0.1, 0.15) is 0 Å².